The van der Waals surface area contributed by atoms with Crippen LogP contribution in [-0.4, -0.2) is 17.5 Å². The fourth-order valence-corrected chi connectivity index (χ4v) is 2.64. The van der Waals surface area contributed by atoms with Gasteiger partial charge in [-0.3, -0.25) is 4.79 Å². The van der Waals surface area contributed by atoms with Crippen LogP contribution in [0.2, 0.25) is 0 Å². The number of ether oxygens (including phenoxy) is 1. The Kier molecular flexibility index (Phi) is 7.45. The first kappa shape index (κ1) is 19.0. The number of ketones is 1. The highest BCUT2D eigenvalue weighted by Crippen LogP contribution is 2.21. The number of carbonyl (C=O) groups is 1. The van der Waals surface area contributed by atoms with E-state index in [-0.39, 0.29) is 11.3 Å². The number of benzene rings is 2. The molecule has 3 nitrogen and oxygen atoms in total. The summed E-state index contributed by atoms with van der Waals surface area (Å²) in [5.41, 5.74) is 0.302. The van der Waals surface area contributed by atoms with Crippen molar-refractivity contribution >= 4 is 5.78 Å². The maximum absolute atomic E-state index is 13.9. The van der Waals surface area contributed by atoms with E-state index in [4.69, 9.17) is 4.74 Å². The second-order valence-electron chi connectivity index (χ2n) is 6.14. The van der Waals surface area contributed by atoms with Crippen LogP contribution in [0, 0.1) is 5.82 Å². The molecule has 0 bridgehead atoms. The Labute approximate surface area is 148 Å². The first-order valence-electron chi connectivity index (χ1n) is 8.88. The summed E-state index contributed by atoms with van der Waals surface area (Å²) < 4.78 is 19.6. The van der Waals surface area contributed by atoms with Crippen LogP contribution in [0.1, 0.15) is 61.4 Å². The van der Waals surface area contributed by atoms with Crippen molar-refractivity contribution in [1.82, 2.24) is 0 Å². The van der Waals surface area contributed by atoms with Gasteiger partial charge in [0.2, 0.25) is 0 Å². The minimum Gasteiger partial charge on any atom is -0.508 e. The minimum atomic E-state index is -0.733. The van der Waals surface area contributed by atoms with E-state index in [2.05, 4.69) is 6.92 Å². The molecule has 0 aliphatic rings. The summed E-state index contributed by atoms with van der Waals surface area (Å²) >= 11 is 0. The second-order valence-corrected chi connectivity index (χ2v) is 6.14. The summed E-state index contributed by atoms with van der Waals surface area (Å²) in [6.07, 6.45) is 7.11. The summed E-state index contributed by atoms with van der Waals surface area (Å²) in [5.74, 6) is -0.755. The molecule has 134 valence electrons. The van der Waals surface area contributed by atoms with Crippen molar-refractivity contribution < 1.29 is 19.0 Å². The van der Waals surface area contributed by atoms with Gasteiger partial charge in [0.1, 0.15) is 17.3 Å². The Morgan fingerprint density at radius 3 is 2.56 bits per heavy atom. The molecule has 0 saturated carbocycles. The number of carbonyl (C=O) groups excluding carboxylic acids is 1. The molecule has 0 amide bonds. The molecule has 2 aromatic carbocycles. The zero-order chi connectivity index (χ0) is 18.1. The summed E-state index contributed by atoms with van der Waals surface area (Å²) in [5, 5.41) is 9.25. The number of phenolic OH excluding ortho intramolecular Hbond substituents is 1. The molecule has 0 aliphatic heterocycles. The molecule has 0 heterocycles. The van der Waals surface area contributed by atoms with Crippen molar-refractivity contribution in [2.45, 2.75) is 45.4 Å². The normalized spacial score (nSPS) is 10.6. The zero-order valence-corrected chi connectivity index (χ0v) is 14.6. The average Bonchev–Trinajstić information content (AvgIpc) is 2.61. The molecule has 0 saturated heterocycles. The van der Waals surface area contributed by atoms with E-state index < -0.39 is 11.6 Å². The van der Waals surface area contributed by atoms with Crippen LogP contribution in [0.3, 0.4) is 0 Å². The molecule has 0 atom stereocenters. The summed E-state index contributed by atoms with van der Waals surface area (Å²) in [7, 11) is 0. The Bertz CT molecular complexity index is 697. The van der Waals surface area contributed by atoms with E-state index in [0.717, 1.165) is 18.9 Å². The molecule has 0 fully saturated rings. The van der Waals surface area contributed by atoms with Crippen molar-refractivity contribution in [3.8, 4) is 11.5 Å². The van der Waals surface area contributed by atoms with Crippen molar-refractivity contribution in [3.05, 3.63) is 59.4 Å². The van der Waals surface area contributed by atoms with Gasteiger partial charge in [0, 0.05) is 11.6 Å². The maximum atomic E-state index is 13.9. The highest BCUT2D eigenvalue weighted by atomic mass is 19.1. The predicted molar refractivity (Wildman–Crippen MR) is 96.8 cm³/mol. The van der Waals surface area contributed by atoms with Crippen LogP contribution in [-0.2, 0) is 0 Å². The molecular formula is C21H25FO3. The van der Waals surface area contributed by atoms with E-state index in [1.165, 1.54) is 37.8 Å². The van der Waals surface area contributed by atoms with Crippen LogP contribution < -0.4 is 4.74 Å². The zero-order valence-electron chi connectivity index (χ0n) is 14.6. The fourth-order valence-electron chi connectivity index (χ4n) is 2.64. The average molecular weight is 344 g/mol. The van der Waals surface area contributed by atoms with Gasteiger partial charge in [-0.05, 0) is 30.7 Å². The third-order valence-electron chi connectivity index (χ3n) is 4.06. The highest BCUT2D eigenvalue weighted by Gasteiger charge is 2.15. The lowest BCUT2D eigenvalue weighted by Gasteiger charge is -2.08. The molecule has 2 rings (SSSR count). The van der Waals surface area contributed by atoms with E-state index >= 15 is 0 Å². The number of rotatable bonds is 10. The SMILES string of the molecule is CCCCCCCCOc1cccc(C(=O)c2ccc(O)cc2F)c1. The lowest BCUT2D eigenvalue weighted by molar-refractivity contribution is 0.103. The lowest BCUT2D eigenvalue weighted by atomic mass is 10.0. The van der Waals surface area contributed by atoms with E-state index in [9.17, 15) is 14.3 Å². The molecule has 25 heavy (non-hydrogen) atoms. The van der Waals surface area contributed by atoms with Crippen LogP contribution in [0.25, 0.3) is 0 Å². The van der Waals surface area contributed by atoms with Crippen molar-refractivity contribution in [2.75, 3.05) is 6.61 Å². The lowest BCUT2D eigenvalue weighted by Crippen LogP contribution is -2.05. The Hall–Kier alpha value is -2.36. The minimum absolute atomic E-state index is 0.0640. The van der Waals surface area contributed by atoms with E-state index in [1.54, 1.807) is 24.3 Å². The van der Waals surface area contributed by atoms with Crippen LogP contribution in [0.5, 0.6) is 11.5 Å². The van der Waals surface area contributed by atoms with Crippen LogP contribution >= 0.6 is 0 Å². The maximum Gasteiger partial charge on any atom is 0.196 e. The summed E-state index contributed by atoms with van der Waals surface area (Å²) in [6, 6.07) is 10.3. The quantitative estimate of drug-likeness (QED) is 0.457. The van der Waals surface area contributed by atoms with Gasteiger partial charge in [0.05, 0.1) is 12.2 Å². The van der Waals surface area contributed by atoms with Gasteiger partial charge >= 0.3 is 0 Å². The summed E-state index contributed by atoms with van der Waals surface area (Å²) in [4.78, 5) is 12.4. The molecule has 4 heteroatoms. The van der Waals surface area contributed by atoms with E-state index in [0.29, 0.717) is 17.9 Å². The number of hydrogen-bond acceptors (Lipinski definition) is 3. The van der Waals surface area contributed by atoms with Crippen molar-refractivity contribution in [1.29, 1.82) is 0 Å². The fraction of sp³-hybridized carbons (Fsp3) is 0.381. The first-order chi connectivity index (χ1) is 12.1. The number of halogens is 1. The summed E-state index contributed by atoms with van der Waals surface area (Å²) in [6.45, 7) is 2.80. The largest absolute Gasteiger partial charge is 0.508 e. The highest BCUT2D eigenvalue weighted by molar-refractivity contribution is 6.09. The molecule has 0 aliphatic carbocycles. The molecule has 0 unspecified atom stereocenters. The van der Waals surface area contributed by atoms with Gasteiger partial charge < -0.3 is 9.84 Å². The van der Waals surface area contributed by atoms with Gasteiger partial charge in [-0.25, -0.2) is 4.39 Å². The number of hydrogen-bond donors (Lipinski definition) is 1. The van der Waals surface area contributed by atoms with Crippen molar-refractivity contribution in [3.63, 3.8) is 0 Å². The topological polar surface area (TPSA) is 46.5 Å². The Morgan fingerprint density at radius 1 is 1.04 bits per heavy atom. The van der Waals surface area contributed by atoms with Gasteiger partial charge in [-0.15, -0.1) is 0 Å². The van der Waals surface area contributed by atoms with Crippen LogP contribution in [0.4, 0.5) is 4.39 Å². The molecule has 0 aromatic heterocycles. The standard InChI is InChI=1S/C21H25FO3/c1-2-3-4-5-6-7-13-25-18-10-8-9-16(14-18)21(24)19-12-11-17(23)15-20(19)22/h8-12,14-15,23H,2-7,13H2,1H3. The number of unbranched alkanes of at least 4 members (excludes halogenated alkanes) is 5. The van der Waals surface area contributed by atoms with Crippen LogP contribution in [0.15, 0.2) is 42.5 Å². The smallest absolute Gasteiger partial charge is 0.196 e. The predicted octanol–water partition coefficient (Wildman–Crippen LogP) is 5.50. The Morgan fingerprint density at radius 2 is 1.80 bits per heavy atom. The Balaban J connectivity index is 1.91. The van der Waals surface area contributed by atoms with Crippen molar-refractivity contribution in [2.24, 2.45) is 0 Å². The molecular weight excluding hydrogens is 319 g/mol. The first-order valence-corrected chi connectivity index (χ1v) is 8.88. The molecule has 0 radical (unpaired) electrons. The molecule has 0 spiro atoms. The third kappa shape index (κ3) is 5.89. The second kappa shape index (κ2) is 9.82. The molecule has 2 aromatic rings. The third-order valence-corrected chi connectivity index (χ3v) is 4.06. The number of phenols is 1. The number of aromatic hydroxyl groups is 1. The monoisotopic (exact) mass is 344 g/mol. The van der Waals surface area contributed by atoms with Gasteiger partial charge in [-0.1, -0.05) is 51.2 Å². The van der Waals surface area contributed by atoms with Gasteiger partial charge in [0.25, 0.3) is 0 Å². The molecule has 1 N–H and O–H groups in total. The van der Waals surface area contributed by atoms with Gasteiger partial charge in [0.15, 0.2) is 5.78 Å². The van der Waals surface area contributed by atoms with Gasteiger partial charge in [-0.2, -0.15) is 0 Å². The van der Waals surface area contributed by atoms with E-state index in [1.807, 2.05) is 0 Å².